The number of hydrogen-bond acceptors (Lipinski definition) is 1. The lowest BCUT2D eigenvalue weighted by Crippen LogP contribution is -2.28. The molecule has 2 aromatic heterocycles. The minimum absolute atomic E-state index is 1.02. The molecule has 0 spiro atoms. The predicted molar refractivity (Wildman–Crippen MR) is 132 cm³/mol. The first-order valence-electron chi connectivity index (χ1n) is 9.60. The Kier molecular flexibility index (Phi) is 5.20. The molecule has 0 saturated carbocycles. The summed E-state index contributed by atoms with van der Waals surface area (Å²) in [4.78, 5) is 1.17. The van der Waals surface area contributed by atoms with Crippen molar-refractivity contribution in [3.8, 4) is 0 Å². The van der Waals surface area contributed by atoms with Gasteiger partial charge in [0.25, 0.3) is 0 Å². The molecule has 0 radical (unpaired) electrons. The molecule has 0 saturated heterocycles. The maximum absolute atomic E-state index is 4.14. The molecule has 0 bridgehead atoms. The van der Waals surface area contributed by atoms with Gasteiger partial charge in [-0.05, 0) is 37.3 Å². The molecule has 0 aliphatic carbocycles. The highest BCUT2D eigenvalue weighted by Crippen LogP contribution is 2.34. The maximum atomic E-state index is 4.14. The second-order valence-corrected chi connectivity index (χ2v) is 7.78. The Balaban J connectivity index is 2.13. The maximum Gasteiger partial charge on any atom is 0.0540 e. The van der Waals surface area contributed by atoms with Crippen LogP contribution in [0.4, 0.5) is 0 Å². The zero-order valence-electron chi connectivity index (χ0n) is 16.6. The molecule has 142 valence electrons. The normalized spacial score (nSPS) is 13.3. The first kappa shape index (κ1) is 19.0. The van der Waals surface area contributed by atoms with E-state index in [1.807, 2.05) is 18.2 Å². The summed E-state index contributed by atoms with van der Waals surface area (Å²) >= 11 is 1.76. The number of nitrogens with zero attached hydrogens (tertiary/aromatic N) is 1. The van der Waals surface area contributed by atoms with Gasteiger partial charge in [0, 0.05) is 36.8 Å². The number of benzene rings is 2. The van der Waals surface area contributed by atoms with Gasteiger partial charge in [0.15, 0.2) is 0 Å². The molecule has 2 aromatic carbocycles. The fraction of sp³-hybridized carbons (Fsp3) is 0.0370. The smallest absolute Gasteiger partial charge is 0.0540 e. The molecule has 2 heterocycles. The van der Waals surface area contributed by atoms with Crippen molar-refractivity contribution in [2.75, 3.05) is 0 Å². The summed E-state index contributed by atoms with van der Waals surface area (Å²) in [7, 11) is 0. The van der Waals surface area contributed by atoms with Gasteiger partial charge in [-0.2, -0.15) is 0 Å². The van der Waals surface area contributed by atoms with Crippen LogP contribution in [-0.4, -0.2) is 4.57 Å². The van der Waals surface area contributed by atoms with Crippen LogP contribution in [0.5, 0.6) is 0 Å². The second kappa shape index (κ2) is 7.94. The third kappa shape index (κ3) is 3.12. The van der Waals surface area contributed by atoms with Crippen molar-refractivity contribution in [1.29, 1.82) is 0 Å². The van der Waals surface area contributed by atoms with E-state index in [1.165, 1.54) is 31.1 Å². The van der Waals surface area contributed by atoms with E-state index < -0.39 is 0 Å². The Morgan fingerprint density at radius 2 is 1.69 bits per heavy atom. The van der Waals surface area contributed by atoms with Gasteiger partial charge in [0.2, 0.25) is 0 Å². The summed E-state index contributed by atoms with van der Waals surface area (Å²) in [6.45, 7) is 14.2. The van der Waals surface area contributed by atoms with Crippen molar-refractivity contribution in [3.05, 3.63) is 101 Å². The summed E-state index contributed by atoms with van der Waals surface area (Å²) in [5.74, 6) is 0. The molecule has 0 aliphatic heterocycles. The van der Waals surface area contributed by atoms with Crippen LogP contribution in [0.1, 0.15) is 17.4 Å². The molecule has 0 atom stereocenters. The van der Waals surface area contributed by atoms with E-state index >= 15 is 0 Å². The largest absolute Gasteiger partial charge is 0.309 e. The van der Waals surface area contributed by atoms with Gasteiger partial charge in [-0.1, -0.05) is 74.4 Å². The number of allylic oxidation sites excluding steroid dienone is 3. The minimum atomic E-state index is 1.02. The Labute approximate surface area is 175 Å². The average Bonchev–Trinajstić information content (AvgIpc) is 3.27. The Bertz CT molecular complexity index is 1410. The molecule has 4 rings (SSSR count). The molecule has 0 fully saturated rings. The van der Waals surface area contributed by atoms with E-state index in [0.29, 0.717) is 0 Å². The van der Waals surface area contributed by atoms with Crippen LogP contribution in [0.3, 0.4) is 0 Å². The van der Waals surface area contributed by atoms with E-state index in [0.717, 1.165) is 16.6 Å². The summed E-state index contributed by atoms with van der Waals surface area (Å²) in [5, 5.41) is 4.76. The molecule has 4 aromatic rings. The topological polar surface area (TPSA) is 4.93 Å². The van der Waals surface area contributed by atoms with E-state index in [2.05, 4.69) is 98.0 Å². The lowest BCUT2D eigenvalue weighted by atomic mass is 10.1. The number of hydrogen-bond donors (Lipinski definition) is 0. The molecule has 29 heavy (non-hydrogen) atoms. The molecule has 0 unspecified atom stereocenters. The van der Waals surface area contributed by atoms with Crippen LogP contribution >= 0.6 is 11.3 Å². The Morgan fingerprint density at radius 3 is 2.38 bits per heavy atom. The second-order valence-electron chi connectivity index (χ2n) is 6.70. The predicted octanol–water partition coefficient (Wildman–Crippen LogP) is 6.45. The molecular weight excluding hydrogens is 370 g/mol. The average molecular weight is 394 g/mol. The van der Waals surface area contributed by atoms with Crippen molar-refractivity contribution in [2.45, 2.75) is 6.92 Å². The van der Waals surface area contributed by atoms with E-state index in [9.17, 15) is 0 Å². The summed E-state index contributed by atoms with van der Waals surface area (Å²) in [5.41, 5.74) is 3.36. The van der Waals surface area contributed by atoms with Crippen molar-refractivity contribution < 1.29 is 0 Å². The molecule has 2 heteroatoms. The summed E-state index contributed by atoms with van der Waals surface area (Å²) < 4.78 is 3.52. The van der Waals surface area contributed by atoms with Crippen molar-refractivity contribution in [2.24, 2.45) is 0 Å². The monoisotopic (exact) mass is 393 g/mol. The minimum Gasteiger partial charge on any atom is -0.309 e. The van der Waals surface area contributed by atoms with Crippen LogP contribution < -0.4 is 10.6 Å². The van der Waals surface area contributed by atoms with E-state index in [1.54, 1.807) is 11.3 Å². The molecular formula is C27H23NS. The molecule has 0 N–H and O–H groups in total. The zero-order valence-corrected chi connectivity index (χ0v) is 17.4. The van der Waals surface area contributed by atoms with Gasteiger partial charge in [0.1, 0.15) is 0 Å². The first-order chi connectivity index (χ1) is 14.2. The van der Waals surface area contributed by atoms with Crippen molar-refractivity contribution in [1.82, 2.24) is 4.57 Å². The van der Waals surface area contributed by atoms with Gasteiger partial charge < -0.3 is 4.57 Å². The van der Waals surface area contributed by atoms with Crippen LogP contribution in [0.25, 0.3) is 51.0 Å². The van der Waals surface area contributed by atoms with Gasteiger partial charge in [-0.3, -0.25) is 0 Å². The lowest BCUT2D eigenvalue weighted by Gasteiger charge is -2.08. The quantitative estimate of drug-likeness (QED) is 0.343. The molecule has 0 aliphatic rings. The summed E-state index contributed by atoms with van der Waals surface area (Å²) in [6.07, 6.45) is 12.1. The van der Waals surface area contributed by atoms with Crippen molar-refractivity contribution in [3.63, 3.8) is 0 Å². The van der Waals surface area contributed by atoms with Gasteiger partial charge >= 0.3 is 0 Å². The highest BCUT2D eigenvalue weighted by molar-refractivity contribution is 7.20. The van der Waals surface area contributed by atoms with Gasteiger partial charge in [-0.15, -0.1) is 11.3 Å². The fourth-order valence-electron chi connectivity index (χ4n) is 3.89. The van der Waals surface area contributed by atoms with Crippen molar-refractivity contribution >= 4 is 62.3 Å². The Morgan fingerprint density at radius 1 is 0.966 bits per heavy atom. The number of aromatic nitrogens is 1. The highest BCUT2D eigenvalue weighted by atomic mass is 32.1. The standard InChI is InChI=1S/C27H23NS/c1-5-13-24-20(7-3)21-14-9-11-16-25(21)28(24)19(6-2)18-23-22-15-10-12-17-27(22)29-26(23)8-4/h5-18H,1-2,4H2,3H3/b19-18+,20-7-,24-13+. The molecule has 1 nitrogen and oxygen atoms in total. The summed E-state index contributed by atoms with van der Waals surface area (Å²) in [6, 6.07) is 17.0. The third-order valence-corrected chi connectivity index (χ3v) is 6.31. The SMILES string of the molecule is C=C/C=c1\c(=C/C)c2ccccc2n1/C(C=C)=C/c1c(C=C)sc2ccccc12. The number of rotatable bonds is 5. The number of para-hydroxylation sites is 1. The van der Waals surface area contributed by atoms with Crippen LogP contribution in [0, 0.1) is 0 Å². The van der Waals surface area contributed by atoms with Gasteiger partial charge in [0.05, 0.1) is 10.9 Å². The van der Waals surface area contributed by atoms with E-state index in [4.69, 9.17) is 0 Å². The van der Waals surface area contributed by atoms with Crippen LogP contribution in [0.15, 0.2) is 80.4 Å². The first-order valence-corrected chi connectivity index (χ1v) is 10.4. The van der Waals surface area contributed by atoms with Gasteiger partial charge in [-0.25, -0.2) is 0 Å². The molecule has 0 amide bonds. The number of thiophene rings is 1. The fourth-order valence-corrected chi connectivity index (χ4v) is 4.92. The number of fused-ring (bicyclic) bond motifs is 2. The zero-order chi connectivity index (χ0) is 20.4. The third-order valence-electron chi connectivity index (χ3n) is 5.12. The van der Waals surface area contributed by atoms with E-state index in [-0.39, 0.29) is 0 Å². The van der Waals surface area contributed by atoms with Crippen LogP contribution in [-0.2, 0) is 0 Å². The van der Waals surface area contributed by atoms with Crippen LogP contribution in [0.2, 0.25) is 0 Å². The lowest BCUT2D eigenvalue weighted by molar-refractivity contribution is 1.12. The highest BCUT2D eigenvalue weighted by Gasteiger charge is 2.12. The Hall–Kier alpha value is -3.36.